The number of rotatable bonds is 4. The lowest BCUT2D eigenvalue weighted by molar-refractivity contribution is 0.171. The van der Waals surface area contributed by atoms with E-state index in [4.69, 9.17) is 9.47 Å². The fourth-order valence-electron chi connectivity index (χ4n) is 4.13. The van der Waals surface area contributed by atoms with E-state index in [1.165, 1.54) is 12.8 Å². The molecule has 7 nitrogen and oxygen atoms in total. The van der Waals surface area contributed by atoms with Gasteiger partial charge in [0.2, 0.25) is 10.0 Å². The first-order valence-electron chi connectivity index (χ1n) is 9.96. The first kappa shape index (κ1) is 21.6. The zero-order chi connectivity index (χ0) is 18.7. The van der Waals surface area contributed by atoms with Crippen molar-refractivity contribution >= 4 is 22.4 Å². The molecule has 3 heterocycles. The molecule has 0 spiro atoms. The first-order chi connectivity index (χ1) is 13.1. The van der Waals surface area contributed by atoms with Crippen molar-refractivity contribution in [1.82, 2.24) is 14.5 Å². The van der Waals surface area contributed by atoms with Crippen molar-refractivity contribution in [3.8, 4) is 11.5 Å². The summed E-state index contributed by atoms with van der Waals surface area (Å²) in [4.78, 5) is 2.73. The molecule has 3 aliphatic rings. The normalized spacial score (nSPS) is 22.3. The second-order valence-electron chi connectivity index (χ2n) is 7.56. The van der Waals surface area contributed by atoms with E-state index >= 15 is 0 Å². The van der Waals surface area contributed by atoms with Crippen LogP contribution in [0.4, 0.5) is 0 Å². The third-order valence-electron chi connectivity index (χ3n) is 5.67. The highest BCUT2D eigenvalue weighted by atomic mass is 35.5. The molecule has 0 atom stereocenters. The molecule has 0 aliphatic carbocycles. The molecule has 1 aromatic rings. The molecule has 4 rings (SSSR count). The van der Waals surface area contributed by atoms with Crippen LogP contribution in [0.25, 0.3) is 0 Å². The van der Waals surface area contributed by atoms with Gasteiger partial charge in [0, 0.05) is 32.2 Å². The number of piperidine rings is 1. The van der Waals surface area contributed by atoms with Gasteiger partial charge in [-0.3, -0.25) is 0 Å². The fourth-order valence-corrected chi connectivity index (χ4v) is 5.62. The van der Waals surface area contributed by atoms with Gasteiger partial charge in [0.15, 0.2) is 11.5 Å². The number of benzene rings is 1. The Balaban J connectivity index is 0.00000225. The largest absolute Gasteiger partial charge is 0.486 e. The van der Waals surface area contributed by atoms with Crippen LogP contribution in [0.15, 0.2) is 23.1 Å². The molecule has 0 aromatic heterocycles. The van der Waals surface area contributed by atoms with Gasteiger partial charge in [0.25, 0.3) is 0 Å². The minimum atomic E-state index is -3.51. The van der Waals surface area contributed by atoms with Crippen LogP contribution in [0, 0.1) is 5.92 Å². The molecule has 1 N–H and O–H groups in total. The predicted molar refractivity (Wildman–Crippen MR) is 110 cm³/mol. The van der Waals surface area contributed by atoms with Crippen molar-refractivity contribution in [2.24, 2.45) is 5.92 Å². The smallest absolute Gasteiger partial charge is 0.243 e. The molecule has 9 heteroatoms. The van der Waals surface area contributed by atoms with E-state index in [0.717, 1.165) is 45.1 Å². The molecule has 3 aliphatic heterocycles. The molecule has 0 saturated carbocycles. The van der Waals surface area contributed by atoms with Crippen LogP contribution < -0.4 is 14.8 Å². The Morgan fingerprint density at radius 1 is 1.00 bits per heavy atom. The van der Waals surface area contributed by atoms with Crippen LogP contribution in [-0.4, -0.2) is 76.6 Å². The summed E-state index contributed by atoms with van der Waals surface area (Å²) in [5.74, 6) is 1.86. The van der Waals surface area contributed by atoms with E-state index in [9.17, 15) is 8.42 Å². The second-order valence-corrected chi connectivity index (χ2v) is 9.50. The topological polar surface area (TPSA) is 71.1 Å². The summed E-state index contributed by atoms with van der Waals surface area (Å²) in [5.41, 5.74) is 0. The lowest BCUT2D eigenvalue weighted by atomic mass is 9.97. The maximum atomic E-state index is 13.1. The van der Waals surface area contributed by atoms with Crippen LogP contribution in [0.1, 0.15) is 19.3 Å². The standard InChI is InChI=1S/C19H29N3O4S.ClH/c23-27(24,17-2-3-18-19(14-17)26-13-12-25-18)22-9-1-8-21(10-11-22)15-16-4-6-20-7-5-16;/h2-3,14,16,20H,1,4-13,15H2;1H. The Morgan fingerprint density at radius 3 is 2.54 bits per heavy atom. The molecular formula is C19H30ClN3O4S. The van der Waals surface area contributed by atoms with Gasteiger partial charge in [0.05, 0.1) is 4.90 Å². The molecule has 0 bridgehead atoms. The number of hydrogen-bond acceptors (Lipinski definition) is 6. The lowest BCUT2D eigenvalue weighted by Gasteiger charge is -2.29. The molecule has 0 radical (unpaired) electrons. The molecule has 0 unspecified atom stereocenters. The zero-order valence-electron chi connectivity index (χ0n) is 16.1. The SMILES string of the molecule is Cl.O=S(=O)(c1ccc2c(c1)OCCO2)N1CCCN(CC2CCNCC2)CC1. The quantitative estimate of drug-likeness (QED) is 0.780. The van der Waals surface area contributed by atoms with Gasteiger partial charge in [-0.1, -0.05) is 0 Å². The van der Waals surface area contributed by atoms with Gasteiger partial charge in [-0.15, -0.1) is 12.4 Å². The van der Waals surface area contributed by atoms with Gasteiger partial charge < -0.3 is 19.7 Å². The molecule has 28 heavy (non-hydrogen) atoms. The molecule has 0 amide bonds. The van der Waals surface area contributed by atoms with E-state index in [0.29, 0.717) is 42.7 Å². The van der Waals surface area contributed by atoms with Gasteiger partial charge in [-0.05, 0) is 56.9 Å². The minimum Gasteiger partial charge on any atom is -0.486 e. The van der Waals surface area contributed by atoms with Crippen molar-refractivity contribution in [2.75, 3.05) is 59.0 Å². The lowest BCUT2D eigenvalue weighted by Crippen LogP contribution is -2.39. The van der Waals surface area contributed by atoms with Crippen LogP contribution in [0.3, 0.4) is 0 Å². The third-order valence-corrected chi connectivity index (χ3v) is 7.57. The van der Waals surface area contributed by atoms with Gasteiger partial charge >= 0.3 is 0 Å². The number of fused-ring (bicyclic) bond motifs is 1. The first-order valence-corrected chi connectivity index (χ1v) is 11.4. The highest BCUT2D eigenvalue weighted by molar-refractivity contribution is 7.89. The maximum absolute atomic E-state index is 13.1. The van der Waals surface area contributed by atoms with Gasteiger partial charge in [-0.25, -0.2) is 8.42 Å². The van der Waals surface area contributed by atoms with E-state index in [1.54, 1.807) is 22.5 Å². The number of nitrogens with zero attached hydrogens (tertiary/aromatic N) is 2. The number of halogens is 1. The molecule has 2 fully saturated rings. The van der Waals surface area contributed by atoms with Crippen molar-refractivity contribution in [3.63, 3.8) is 0 Å². The molecular weight excluding hydrogens is 402 g/mol. The molecule has 1 aromatic carbocycles. The van der Waals surface area contributed by atoms with E-state index in [2.05, 4.69) is 10.2 Å². The van der Waals surface area contributed by atoms with Crippen LogP contribution in [0.2, 0.25) is 0 Å². The summed E-state index contributed by atoms with van der Waals surface area (Å²) in [7, 11) is -3.51. The number of hydrogen-bond donors (Lipinski definition) is 1. The fraction of sp³-hybridized carbons (Fsp3) is 0.684. The highest BCUT2D eigenvalue weighted by Crippen LogP contribution is 2.33. The average molecular weight is 432 g/mol. The van der Waals surface area contributed by atoms with Crippen LogP contribution in [-0.2, 0) is 10.0 Å². The van der Waals surface area contributed by atoms with Crippen molar-refractivity contribution < 1.29 is 17.9 Å². The van der Waals surface area contributed by atoms with Crippen LogP contribution in [0.5, 0.6) is 11.5 Å². The average Bonchev–Trinajstić information content (AvgIpc) is 2.94. The molecule has 2 saturated heterocycles. The Kier molecular flexibility index (Phi) is 7.44. The van der Waals surface area contributed by atoms with Gasteiger partial charge in [0.1, 0.15) is 13.2 Å². The van der Waals surface area contributed by atoms with E-state index < -0.39 is 10.0 Å². The summed E-state index contributed by atoms with van der Waals surface area (Å²) in [5, 5.41) is 3.41. The summed E-state index contributed by atoms with van der Waals surface area (Å²) >= 11 is 0. The Morgan fingerprint density at radius 2 is 1.75 bits per heavy atom. The number of ether oxygens (including phenoxy) is 2. The van der Waals surface area contributed by atoms with E-state index in [-0.39, 0.29) is 12.4 Å². The van der Waals surface area contributed by atoms with Crippen molar-refractivity contribution in [2.45, 2.75) is 24.2 Å². The third kappa shape index (κ3) is 4.91. The number of sulfonamides is 1. The van der Waals surface area contributed by atoms with E-state index in [1.807, 2.05) is 0 Å². The predicted octanol–water partition coefficient (Wildman–Crippen LogP) is 1.58. The van der Waals surface area contributed by atoms with Crippen LogP contribution >= 0.6 is 12.4 Å². The zero-order valence-corrected chi connectivity index (χ0v) is 17.8. The van der Waals surface area contributed by atoms with Gasteiger partial charge in [-0.2, -0.15) is 4.31 Å². The summed E-state index contributed by atoms with van der Waals surface area (Å²) in [6.07, 6.45) is 3.31. The van der Waals surface area contributed by atoms with Crippen molar-refractivity contribution in [1.29, 1.82) is 0 Å². The Bertz CT molecular complexity index is 756. The van der Waals surface area contributed by atoms with Crippen molar-refractivity contribution in [3.05, 3.63) is 18.2 Å². The second kappa shape index (κ2) is 9.63. The summed E-state index contributed by atoms with van der Waals surface area (Å²) in [6, 6.07) is 4.92. The monoisotopic (exact) mass is 431 g/mol. The Hall–Kier alpha value is -1.06. The summed E-state index contributed by atoms with van der Waals surface area (Å²) in [6.45, 7) is 7.11. The highest BCUT2D eigenvalue weighted by Gasteiger charge is 2.29. The maximum Gasteiger partial charge on any atom is 0.243 e. The number of nitrogens with one attached hydrogen (secondary N) is 1. The molecule has 158 valence electrons. The summed E-state index contributed by atoms with van der Waals surface area (Å²) < 4.78 is 38.9. The Labute approximate surface area is 173 Å². The minimum absolute atomic E-state index is 0.